The number of carbonyl (C=O) groups is 2. The van der Waals surface area contributed by atoms with E-state index in [1.165, 1.54) is 19.3 Å². The number of aromatic nitrogens is 3. The van der Waals surface area contributed by atoms with Gasteiger partial charge in [0.2, 0.25) is 5.91 Å². The van der Waals surface area contributed by atoms with Crippen LogP contribution in [0.2, 0.25) is 0 Å². The second kappa shape index (κ2) is 10.2. The fourth-order valence-corrected chi connectivity index (χ4v) is 5.08. The van der Waals surface area contributed by atoms with Crippen LogP contribution in [0.1, 0.15) is 55.3 Å². The van der Waals surface area contributed by atoms with Crippen molar-refractivity contribution >= 4 is 11.8 Å². The number of benzene rings is 1. The minimum absolute atomic E-state index is 0.0460. The van der Waals surface area contributed by atoms with Crippen LogP contribution in [0.5, 0.6) is 0 Å². The van der Waals surface area contributed by atoms with Crippen molar-refractivity contribution in [2.24, 2.45) is 5.92 Å². The van der Waals surface area contributed by atoms with E-state index < -0.39 is 0 Å². The average molecular weight is 458 g/mol. The Hall–Kier alpha value is -3.48. The highest BCUT2D eigenvalue weighted by Gasteiger charge is 2.30. The predicted octanol–water partition coefficient (Wildman–Crippen LogP) is 4.24. The summed E-state index contributed by atoms with van der Waals surface area (Å²) in [5.41, 5.74) is 2.83. The van der Waals surface area contributed by atoms with E-state index in [0.29, 0.717) is 30.3 Å². The molecule has 3 heterocycles. The van der Waals surface area contributed by atoms with Gasteiger partial charge in [0.15, 0.2) is 0 Å². The molecule has 34 heavy (non-hydrogen) atoms. The maximum absolute atomic E-state index is 13.3. The van der Waals surface area contributed by atoms with Crippen LogP contribution in [-0.2, 0) is 4.79 Å². The van der Waals surface area contributed by atoms with Crippen molar-refractivity contribution in [2.45, 2.75) is 51.0 Å². The van der Waals surface area contributed by atoms with E-state index >= 15 is 0 Å². The SMILES string of the molecule is O=C(NC1CCN(C(=O)C2CCCCC2)CC1)c1cn(-c2ccccc2)nc1-c1cccnc1. The van der Waals surface area contributed by atoms with Crippen LogP contribution in [0.25, 0.3) is 16.9 Å². The Bertz CT molecular complexity index is 1110. The molecule has 5 rings (SSSR count). The Morgan fingerprint density at radius 3 is 2.38 bits per heavy atom. The lowest BCUT2D eigenvalue weighted by molar-refractivity contribution is -0.137. The first-order valence-corrected chi connectivity index (χ1v) is 12.3. The number of rotatable bonds is 5. The third-order valence-electron chi connectivity index (χ3n) is 7.01. The monoisotopic (exact) mass is 457 g/mol. The zero-order valence-corrected chi connectivity index (χ0v) is 19.4. The fraction of sp³-hybridized carbons (Fsp3) is 0.407. The van der Waals surface area contributed by atoms with Crippen LogP contribution in [0, 0.1) is 5.92 Å². The largest absolute Gasteiger partial charge is 0.349 e. The zero-order valence-electron chi connectivity index (χ0n) is 19.4. The van der Waals surface area contributed by atoms with Crippen molar-refractivity contribution in [3.8, 4) is 16.9 Å². The van der Waals surface area contributed by atoms with Gasteiger partial charge in [-0.2, -0.15) is 5.10 Å². The average Bonchev–Trinajstić information content (AvgIpc) is 3.36. The molecule has 2 fully saturated rings. The third kappa shape index (κ3) is 4.88. The van der Waals surface area contributed by atoms with Crippen LogP contribution >= 0.6 is 0 Å². The standard InChI is InChI=1S/C27H31N5O2/c33-26(29-22-13-16-31(17-14-22)27(34)20-8-3-1-4-9-20)24-19-32(23-11-5-2-6-12-23)30-25(24)21-10-7-15-28-18-21/h2,5-7,10-12,15,18-20,22H,1,3-4,8-9,13-14,16-17H2,(H,29,33). The fourth-order valence-electron chi connectivity index (χ4n) is 5.08. The molecule has 0 radical (unpaired) electrons. The number of piperidine rings is 1. The number of para-hydroxylation sites is 1. The second-order valence-electron chi connectivity index (χ2n) is 9.32. The molecule has 1 saturated heterocycles. The van der Waals surface area contributed by atoms with Gasteiger partial charge in [-0.15, -0.1) is 0 Å². The second-order valence-corrected chi connectivity index (χ2v) is 9.32. The number of nitrogens with one attached hydrogen (secondary N) is 1. The van der Waals surface area contributed by atoms with Crippen molar-refractivity contribution in [3.63, 3.8) is 0 Å². The van der Waals surface area contributed by atoms with E-state index in [0.717, 1.165) is 36.9 Å². The van der Waals surface area contributed by atoms with Gasteiger partial charge < -0.3 is 10.2 Å². The van der Waals surface area contributed by atoms with Gasteiger partial charge >= 0.3 is 0 Å². The first-order valence-electron chi connectivity index (χ1n) is 12.3. The first kappa shape index (κ1) is 22.3. The van der Waals surface area contributed by atoms with E-state index in [-0.39, 0.29) is 17.9 Å². The van der Waals surface area contributed by atoms with E-state index in [2.05, 4.69) is 10.3 Å². The lowest BCUT2D eigenvalue weighted by atomic mass is 9.87. The van der Waals surface area contributed by atoms with Gasteiger partial charge in [-0.25, -0.2) is 4.68 Å². The lowest BCUT2D eigenvalue weighted by Crippen LogP contribution is -2.48. The molecule has 0 spiro atoms. The molecule has 1 saturated carbocycles. The summed E-state index contributed by atoms with van der Waals surface area (Å²) >= 11 is 0. The summed E-state index contributed by atoms with van der Waals surface area (Å²) in [6.07, 6.45) is 12.4. The first-order chi connectivity index (χ1) is 16.7. The molecule has 1 aliphatic carbocycles. The number of carbonyl (C=O) groups excluding carboxylic acids is 2. The number of hydrogen-bond acceptors (Lipinski definition) is 4. The number of nitrogens with zero attached hydrogens (tertiary/aromatic N) is 4. The summed E-state index contributed by atoms with van der Waals surface area (Å²) in [4.78, 5) is 32.4. The highest BCUT2D eigenvalue weighted by atomic mass is 16.2. The number of pyridine rings is 1. The molecule has 0 atom stereocenters. The molecule has 0 bridgehead atoms. The minimum Gasteiger partial charge on any atom is -0.349 e. The zero-order chi connectivity index (χ0) is 23.3. The molecule has 7 heteroatoms. The summed E-state index contributed by atoms with van der Waals surface area (Å²) in [6.45, 7) is 1.41. The molecular weight excluding hydrogens is 426 g/mol. The Morgan fingerprint density at radius 1 is 0.912 bits per heavy atom. The van der Waals surface area contributed by atoms with Gasteiger partial charge in [-0.3, -0.25) is 14.6 Å². The Balaban J connectivity index is 1.28. The van der Waals surface area contributed by atoms with Gasteiger partial charge in [0.1, 0.15) is 5.69 Å². The van der Waals surface area contributed by atoms with Crippen LogP contribution < -0.4 is 5.32 Å². The van der Waals surface area contributed by atoms with Crippen molar-refractivity contribution in [3.05, 3.63) is 66.6 Å². The molecule has 1 aliphatic heterocycles. The normalized spacial score (nSPS) is 17.5. The van der Waals surface area contributed by atoms with E-state index in [9.17, 15) is 9.59 Å². The highest BCUT2D eigenvalue weighted by molar-refractivity contribution is 6.00. The molecule has 3 aromatic rings. The predicted molar refractivity (Wildman–Crippen MR) is 130 cm³/mol. The molecule has 2 amide bonds. The van der Waals surface area contributed by atoms with E-state index in [4.69, 9.17) is 5.10 Å². The molecule has 2 aliphatic rings. The molecule has 176 valence electrons. The summed E-state index contributed by atoms with van der Waals surface area (Å²) in [6, 6.07) is 13.6. The van der Waals surface area contributed by atoms with Crippen molar-refractivity contribution in [1.82, 2.24) is 25.0 Å². The highest BCUT2D eigenvalue weighted by Crippen LogP contribution is 2.27. The van der Waals surface area contributed by atoms with Gasteiger partial charge in [0.25, 0.3) is 5.91 Å². The minimum atomic E-state index is -0.141. The molecule has 7 nitrogen and oxygen atoms in total. The Kier molecular flexibility index (Phi) is 6.70. The topological polar surface area (TPSA) is 80.1 Å². The van der Waals surface area contributed by atoms with Crippen molar-refractivity contribution < 1.29 is 9.59 Å². The quantitative estimate of drug-likeness (QED) is 0.622. The lowest BCUT2D eigenvalue weighted by Gasteiger charge is -2.35. The maximum Gasteiger partial charge on any atom is 0.255 e. The third-order valence-corrected chi connectivity index (χ3v) is 7.01. The summed E-state index contributed by atoms with van der Waals surface area (Å²) < 4.78 is 1.74. The Morgan fingerprint density at radius 2 is 1.68 bits per heavy atom. The van der Waals surface area contributed by atoms with E-state index in [1.54, 1.807) is 23.3 Å². The summed E-state index contributed by atoms with van der Waals surface area (Å²) in [5, 5.41) is 7.91. The van der Waals surface area contributed by atoms with Gasteiger partial charge in [0, 0.05) is 49.2 Å². The maximum atomic E-state index is 13.3. The number of amides is 2. The van der Waals surface area contributed by atoms with Crippen molar-refractivity contribution in [1.29, 1.82) is 0 Å². The van der Waals surface area contributed by atoms with Gasteiger partial charge in [0.05, 0.1) is 11.3 Å². The number of hydrogen-bond donors (Lipinski definition) is 1. The molecule has 0 unspecified atom stereocenters. The van der Waals surface area contributed by atoms with Crippen molar-refractivity contribution in [2.75, 3.05) is 13.1 Å². The molecule has 1 N–H and O–H groups in total. The van der Waals surface area contributed by atoms with Crippen LogP contribution in [-0.4, -0.2) is 50.6 Å². The Labute approximate surface area is 200 Å². The molecular formula is C27H31N5O2. The van der Waals surface area contributed by atoms with Crippen LogP contribution in [0.4, 0.5) is 0 Å². The molecule has 2 aromatic heterocycles. The number of likely N-dealkylation sites (tertiary alicyclic amines) is 1. The van der Waals surface area contributed by atoms with Crippen LogP contribution in [0.15, 0.2) is 61.1 Å². The summed E-state index contributed by atoms with van der Waals surface area (Å²) in [7, 11) is 0. The molecule has 1 aromatic carbocycles. The van der Waals surface area contributed by atoms with Crippen LogP contribution in [0.3, 0.4) is 0 Å². The van der Waals surface area contributed by atoms with Gasteiger partial charge in [-0.05, 0) is 49.9 Å². The van der Waals surface area contributed by atoms with E-state index in [1.807, 2.05) is 47.4 Å². The summed E-state index contributed by atoms with van der Waals surface area (Å²) in [5.74, 6) is 0.372. The smallest absolute Gasteiger partial charge is 0.255 e. The van der Waals surface area contributed by atoms with Gasteiger partial charge in [-0.1, -0.05) is 37.5 Å².